The summed E-state index contributed by atoms with van der Waals surface area (Å²) in [5.74, 6) is -0.399. The zero-order chi connectivity index (χ0) is 18.2. The van der Waals surface area contributed by atoms with Gasteiger partial charge in [0.05, 0.1) is 6.54 Å². The lowest BCUT2D eigenvalue weighted by Crippen LogP contribution is -2.42. The van der Waals surface area contributed by atoms with Gasteiger partial charge in [0.25, 0.3) is 0 Å². The number of carbonyl (C=O) groups excluding carboxylic acids is 2. The number of nitrogens with zero attached hydrogens (tertiary/aromatic N) is 3. The third kappa shape index (κ3) is 7.48. The standard InChI is InChI=1S/C15H26F3N3O3/c1-3-20(4-2)13(22)10-19-6-5-7-21(9-8-19)14(23)11-24-12-15(16,17)18/h3-12H2,1-2H3. The Hall–Kier alpha value is -1.35. The van der Waals surface area contributed by atoms with Crippen LogP contribution >= 0.6 is 0 Å². The van der Waals surface area contributed by atoms with Gasteiger partial charge < -0.3 is 14.5 Å². The predicted molar refractivity (Wildman–Crippen MR) is 82.4 cm³/mol. The molecule has 0 saturated carbocycles. The lowest BCUT2D eigenvalue weighted by molar-refractivity contribution is -0.177. The second kappa shape index (κ2) is 9.83. The van der Waals surface area contributed by atoms with E-state index in [1.807, 2.05) is 18.7 Å². The van der Waals surface area contributed by atoms with Gasteiger partial charge in [-0.05, 0) is 20.3 Å². The number of halogens is 3. The number of rotatable bonds is 7. The van der Waals surface area contributed by atoms with Crippen molar-refractivity contribution >= 4 is 11.8 Å². The molecule has 0 unspecified atom stereocenters. The topological polar surface area (TPSA) is 53.1 Å². The first-order valence-corrected chi connectivity index (χ1v) is 8.19. The molecule has 0 radical (unpaired) electrons. The zero-order valence-electron chi connectivity index (χ0n) is 14.3. The molecule has 1 saturated heterocycles. The second-order valence-corrected chi connectivity index (χ2v) is 5.68. The van der Waals surface area contributed by atoms with E-state index < -0.39 is 25.3 Å². The van der Waals surface area contributed by atoms with Gasteiger partial charge in [-0.25, -0.2) is 0 Å². The number of likely N-dealkylation sites (N-methyl/N-ethyl adjacent to an activating group) is 1. The molecule has 1 heterocycles. The molecule has 0 aromatic carbocycles. The molecule has 140 valence electrons. The summed E-state index contributed by atoms with van der Waals surface area (Å²) in [6, 6.07) is 0. The fourth-order valence-electron chi connectivity index (χ4n) is 2.59. The first kappa shape index (κ1) is 20.7. The molecule has 0 atom stereocenters. The van der Waals surface area contributed by atoms with Crippen LogP contribution in [0.2, 0.25) is 0 Å². The fraction of sp³-hybridized carbons (Fsp3) is 0.867. The number of carbonyl (C=O) groups is 2. The third-order valence-electron chi connectivity index (χ3n) is 3.91. The molecule has 2 amide bonds. The minimum Gasteiger partial charge on any atom is -0.362 e. The van der Waals surface area contributed by atoms with Crippen molar-refractivity contribution in [3.8, 4) is 0 Å². The van der Waals surface area contributed by atoms with Gasteiger partial charge in [-0.1, -0.05) is 0 Å². The van der Waals surface area contributed by atoms with Crippen molar-refractivity contribution in [2.75, 3.05) is 59.0 Å². The van der Waals surface area contributed by atoms with E-state index in [1.165, 1.54) is 4.90 Å². The maximum Gasteiger partial charge on any atom is 0.411 e. The number of hydrogen-bond acceptors (Lipinski definition) is 4. The van der Waals surface area contributed by atoms with Crippen LogP contribution in [-0.2, 0) is 14.3 Å². The third-order valence-corrected chi connectivity index (χ3v) is 3.91. The average molecular weight is 353 g/mol. The predicted octanol–water partition coefficient (Wildman–Crippen LogP) is 0.968. The highest BCUT2D eigenvalue weighted by molar-refractivity contribution is 5.78. The van der Waals surface area contributed by atoms with Crippen LogP contribution in [0.4, 0.5) is 13.2 Å². The zero-order valence-corrected chi connectivity index (χ0v) is 14.3. The average Bonchev–Trinajstić information content (AvgIpc) is 2.72. The molecule has 0 aromatic rings. The Morgan fingerprint density at radius 1 is 1.08 bits per heavy atom. The largest absolute Gasteiger partial charge is 0.411 e. The maximum atomic E-state index is 12.1. The monoisotopic (exact) mass is 353 g/mol. The molecule has 1 aliphatic rings. The second-order valence-electron chi connectivity index (χ2n) is 5.68. The van der Waals surface area contributed by atoms with Crippen LogP contribution in [0.3, 0.4) is 0 Å². The Morgan fingerprint density at radius 2 is 1.75 bits per heavy atom. The normalized spacial score (nSPS) is 16.8. The maximum absolute atomic E-state index is 12.1. The van der Waals surface area contributed by atoms with E-state index >= 15 is 0 Å². The highest BCUT2D eigenvalue weighted by atomic mass is 19.4. The minimum atomic E-state index is -4.43. The van der Waals surface area contributed by atoms with Crippen molar-refractivity contribution in [3.63, 3.8) is 0 Å². The van der Waals surface area contributed by atoms with Crippen molar-refractivity contribution in [1.82, 2.24) is 14.7 Å². The first-order valence-electron chi connectivity index (χ1n) is 8.19. The van der Waals surface area contributed by atoms with Gasteiger partial charge in [0.2, 0.25) is 11.8 Å². The molecule has 6 nitrogen and oxygen atoms in total. The molecule has 0 spiro atoms. The number of hydrogen-bond donors (Lipinski definition) is 0. The van der Waals surface area contributed by atoms with Crippen LogP contribution in [-0.4, -0.2) is 91.7 Å². The Balaban J connectivity index is 2.39. The Bertz CT molecular complexity index is 415. The highest BCUT2D eigenvalue weighted by Gasteiger charge is 2.28. The van der Waals surface area contributed by atoms with Crippen molar-refractivity contribution in [2.45, 2.75) is 26.4 Å². The molecule has 0 aliphatic carbocycles. The highest BCUT2D eigenvalue weighted by Crippen LogP contribution is 2.14. The van der Waals surface area contributed by atoms with E-state index in [1.54, 1.807) is 4.90 Å². The van der Waals surface area contributed by atoms with E-state index in [-0.39, 0.29) is 5.91 Å². The van der Waals surface area contributed by atoms with E-state index in [4.69, 9.17) is 0 Å². The van der Waals surface area contributed by atoms with Crippen LogP contribution < -0.4 is 0 Å². The first-order chi connectivity index (χ1) is 11.3. The molecule has 24 heavy (non-hydrogen) atoms. The number of ether oxygens (including phenoxy) is 1. The smallest absolute Gasteiger partial charge is 0.362 e. The molecule has 9 heteroatoms. The van der Waals surface area contributed by atoms with E-state index in [9.17, 15) is 22.8 Å². The van der Waals surface area contributed by atoms with Crippen molar-refractivity contribution < 1.29 is 27.5 Å². The summed E-state index contributed by atoms with van der Waals surface area (Å²) in [6.07, 6.45) is -3.75. The summed E-state index contributed by atoms with van der Waals surface area (Å²) in [6.45, 7) is 5.52. The van der Waals surface area contributed by atoms with Gasteiger partial charge >= 0.3 is 6.18 Å². The van der Waals surface area contributed by atoms with Gasteiger partial charge in [-0.2, -0.15) is 13.2 Å². The Morgan fingerprint density at radius 3 is 2.33 bits per heavy atom. The quantitative estimate of drug-likeness (QED) is 0.684. The van der Waals surface area contributed by atoms with Gasteiger partial charge in [0.15, 0.2) is 0 Å². The minimum absolute atomic E-state index is 0.0493. The molecular formula is C15H26F3N3O3. The van der Waals surface area contributed by atoms with Gasteiger partial charge in [-0.15, -0.1) is 0 Å². The lowest BCUT2D eigenvalue weighted by atomic mass is 10.3. The molecular weight excluding hydrogens is 327 g/mol. The van der Waals surface area contributed by atoms with Crippen LogP contribution in [0.5, 0.6) is 0 Å². The van der Waals surface area contributed by atoms with Crippen molar-refractivity contribution in [2.24, 2.45) is 0 Å². The summed E-state index contributed by atoms with van der Waals surface area (Å²) >= 11 is 0. The van der Waals surface area contributed by atoms with Crippen molar-refractivity contribution in [3.05, 3.63) is 0 Å². The Labute approximate surface area is 140 Å². The van der Waals surface area contributed by atoms with E-state index in [0.29, 0.717) is 52.2 Å². The van der Waals surface area contributed by atoms with Crippen LogP contribution in [0, 0.1) is 0 Å². The molecule has 0 bridgehead atoms. The molecule has 0 aromatic heterocycles. The molecule has 1 aliphatic heterocycles. The van der Waals surface area contributed by atoms with Crippen LogP contribution in [0.25, 0.3) is 0 Å². The number of amides is 2. The van der Waals surface area contributed by atoms with Gasteiger partial charge in [-0.3, -0.25) is 14.5 Å². The van der Waals surface area contributed by atoms with Crippen LogP contribution in [0.1, 0.15) is 20.3 Å². The Kier molecular flexibility index (Phi) is 8.47. The summed E-state index contributed by atoms with van der Waals surface area (Å²) in [7, 11) is 0. The van der Waals surface area contributed by atoms with Gasteiger partial charge in [0, 0.05) is 39.3 Å². The van der Waals surface area contributed by atoms with Gasteiger partial charge in [0.1, 0.15) is 13.2 Å². The molecule has 1 fully saturated rings. The summed E-state index contributed by atoms with van der Waals surface area (Å²) in [5.41, 5.74) is 0. The van der Waals surface area contributed by atoms with E-state index in [0.717, 1.165) is 0 Å². The summed E-state index contributed by atoms with van der Waals surface area (Å²) < 4.78 is 40.5. The summed E-state index contributed by atoms with van der Waals surface area (Å²) in [5, 5.41) is 0. The van der Waals surface area contributed by atoms with Crippen molar-refractivity contribution in [1.29, 1.82) is 0 Å². The number of alkyl halides is 3. The lowest BCUT2D eigenvalue weighted by Gasteiger charge is -2.25. The fourth-order valence-corrected chi connectivity index (χ4v) is 2.59. The molecule has 1 rings (SSSR count). The summed E-state index contributed by atoms with van der Waals surface area (Å²) in [4.78, 5) is 29.2. The molecule has 0 N–H and O–H groups in total. The van der Waals surface area contributed by atoms with Crippen LogP contribution in [0.15, 0.2) is 0 Å². The SMILES string of the molecule is CCN(CC)C(=O)CN1CCCN(C(=O)COCC(F)(F)F)CC1. The van der Waals surface area contributed by atoms with E-state index in [2.05, 4.69) is 4.74 Å².